The summed E-state index contributed by atoms with van der Waals surface area (Å²) in [6.45, 7) is 18.4. The molecule has 0 amide bonds. The molecule has 0 aliphatic heterocycles. The van der Waals surface area contributed by atoms with Gasteiger partial charge in [-0.25, -0.2) is 0 Å². The van der Waals surface area contributed by atoms with Crippen molar-refractivity contribution in [2.45, 2.75) is 40.5 Å². The number of ether oxygens (including phenoxy) is 8. The highest BCUT2D eigenvalue weighted by Crippen LogP contribution is 2.00. The Morgan fingerprint density at radius 2 is 0.531 bits per heavy atom. The van der Waals surface area contributed by atoms with Crippen LogP contribution in [0.25, 0.3) is 0 Å². The van der Waals surface area contributed by atoms with Gasteiger partial charge in [-0.1, -0.05) is 40.5 Å². The fourth-order valence-electron chi connectivity index (χ4n) is 2.24. The predicted molar refractivity (Wildman–Crippen MR) is 125 cm³/mol. The molecule has 0 rings (SSSR count). The second-order valence-electron chi connectivity index (χ2n) is 7.85. The van der Waals surface area contributed by atoms with Crippen LogP contribution < -0.4 is 0 Å². The van der Waals surface area contributed by atoms with Gasteiger partial charge in [-0.2, -0.15) is 0 Å². The van der Waals surface area contributed by atoms with Crippen molar-refractivity contribution in [1.82, 2.24) is 0 Å². The van der Waals surface area contributed by atoms with E-state index in [0.717, 1.165) is 26.1 Å². The molecule has 0 saturated heterocycles. The summed E-state index contributed by atoms with van der Waals surface area (Å²) in [6.07, 6.45) is 2.28. The normalized spacial score (nSPS) is 13.5. The zero-order valence-corrected chi connectivity index (χ0v) is 21.1. The van der Waals surface area contributed by atoms with Gasteiger partial charge in [0.2, 0.25) is 0 Å². The minimum atomic E-state index is 0.549. The molecule has 0 spiro atoms. The van der Waals surface area contributed by atoms with Crippen LogP contribution in [-0.4, -0.2) is 106 Å². The van der Waals surface area contributed by atoms with E-state index in [1.54, 1.807) is 0 Å². The van der Waals surface area contributed by atoms with Crippen LogP contribution in [0.4, 0.5) is 0 Å². The Hall–Kier alpha value is -0.320. The zero-order valence-electron chi connectivity index (χ0n) is 21.1. The van der Waals surface area contributed by atoms with Crippen molar-refractivity contribution in [2.24, 2.45) is 11.8 Å². The fraction of sp³-hybridized carbons (Fsp3) is 1.00. The van der Waals surface area contributed by atoms with Gasteiger partial charge in [0.15, 0.2) is 0 Å². The van der Waals surface area contributed by atoms with Gasteiger partial charge in [-0.3, -0.25) is 0 Å². The fourth-order valence-corrected chi connectivity index (χ4v) is 2.24. The van der Waals surface area contributed by atoms with E-state index in [9.17, 15) is 0 Å². The van der Waals surface area contributed by atoms with Crippen molar-refractivity contribution in [3.05, 3.63) is 0 Å². The summed E-state index contributed by atoms with van der Waals surface area (Å²) in [5, 5.41) is 0. The Kier molecular flexibility index (Phi) is 26.7. The van der Waals surface area contributed by atoms with E-state index >= 15 is 0 Å². The van der Waals surface area contributed by atoms with E-state index in [4.69, 9.17) is 37.9 Å². The summed E-state index contributed by atoms with van der Waals surface area (Å²) < 4.78 is 43.8. The molecule has 2 unspecified atom stereocenters. The highest BCUT2D eigenvalue weighted by Gasteiger charge is 1.99. The third-order valence-electron chi connectivity index (χ3n) is 4.80. The van der Waals surface area contributed by atoms with Gasteiger partial charge in [0.05, 0.1) is 92.5 Å². The molecule has 32 heavy (non-hydrogen) atoms. The molecule has 8 nitrogen and oxygen atoms in total. The molecular weight excluding hydrogens is 416 g/mol. The molecule has 0 N–H and O–H groups in total. The van der Waals surface area contributed by atoms with Crippen LogP contribution in [-0.2, 0) is 37.9 Å². The van der Waals surface area contributed by atoms with Crippen LogP contribution in [0.1, 0.15) is 40.5 Å². The lowest BCUT2D eigenvalue weighted by Crippen LogP contribution is -2.15. The summed E-state index contributed by atoms with van der Waals surface area (Å²) >= 11 is 0. The third-order valence-corrected chi connectivity index (χ3v) is 4.80. The number of hydrogen-bond acceptors (Lipinski definition) is 8. The highest BCUT2D eigenvalue weighted by molar-refractivity contribution is 4.46. The first-order chi connectivity index (χ1) is 15.7. The standard InChI is InChI=1S/C24H50O8/c1-5-23(3)21-31-19-17-29-15-13-27-11-9-25-7-8-26-10-12-28-14-16-30-18-20-32-22-24(4)6-2/h23-24H,5-22H2,1-4H3. The SMILES string of the molecule is CCC(C)COCCOCCOCCOCCOCCOCCOCCOCC(C)CC. The van der Waals surface area contributed by atoms with Crippen LogP contribution >= 0.6 is 0 Å². The smallest absolute Gasteiger partial charge is 0.0701 e. The maximum atomic E-state index is 5.52. The van der Waals surface area contributed by atoms with Gasteiger partial charge in [-0.05, 0) is 11.8 Å². The van der Waals surface area contributed by atoms with E-state index < -0.39 is 0 Å². The Labute approximate surface area is 196 Å². The lowest BCUT2D eigenvalue weighted by Gasteiger charge is -2.10. The van der Waals surface area contributed by atoms with Crippen molar-refractivity contribution < 1.29 is 37.9 Å². The van der Waals surface area contributed by atoms with Crippen molar-refractivity contribution in [3.63, 3.8) is 0 Å². The van der Waals surface area contributed by atoms with Crippen LogP contribution in [0.5, 0.6) is 0 Å². The summed E-state index contributed by atoms with van der Waals surface area (Å²) in [4.78, 5) is 0. The molecule has 0 heterocycles. The van der Waals surface area contributed by atoms with E-state index in [2.05, 4.69) is 27.7 Å². The summed E-state index contributed by atoms with van der Waals surface area (Å²) in [7, 11) is 0. The highest BCUT2D eigenvalue weighted by atomic mass is 16.6. The lowest BCUT2D eigenvalue weighted by atomic mass is 10.1. The van der Waals surface area contributed by atoms with Crippen LogP contribution in [0.2, 0.25) is 0 Å². The second kappa shape index (κ2) is 26.9. The quantitative estimate of drug-likeness (QED) is 0.171. The molecule has 0 aromatic carbocycles. The molecule has 0 aromatic heterocycles. The first-order valence-corrected chi connectivity index (χ1v) is 12.3. The van der Waals surface area contributed by atoms with Crippen molar-refractivity contribution in [3.8, 4) is 0 Å². The molecule has 0 saturated carbocycles. The lowest BCUT2D eigenvalue weighted by molar-refractivity contribution is -0.0244. The summed E-state index contributed by atoms with van der Waals surface area (Å²) in [6, 6.07) is 0. The Morgan fingerprint density at radius 1 is 0.344 bits per heavy atom. The minimum absolute atomic E-state index is 0.549. The molecule has 194 valence electrons. The Bertz CT molecular complexity index is 314. The molecule has 0 fully saturated rings. The van der Waals surface area contributed by atoms with E-state index in [-0.39, 0.29) is 0 Å². The van der Waals surface area contributed by atoms with Gasteiger partial charge >= 0.3 is 0 Å². The number of rotatable bonds is 27. The number of hydrogen-bond donors (Lipinski definition) is 0. The van der Waals surface area contributed by atoms with E-state index in [1.165, 1.54) is 0 Å². The van der Waals surface area contributed by atoms with E-state index in [0.29, 0.717) is 104 Å². The van der Waals surface area contributed by atoms with Gasteiger partial charge in [-0.15, -0.1) is 0 Å². The van der Waals surface area contributed by atoms with Crippen molar-refractivity contribution in [1.29, 1.82) is 0 Å². The first-order valence-electron chi connectivity index (χ1n) is 12.3. The second-order valence-corrected chi connectivity index (χ2v) is 7.85. The largest absolute Gasteiger partial charge is 0.379 e. The molecule has 2 atom stereocenters. The Balaban J connectivity index is 3.04. The van der Waals surface area contributed by atoms with Gasteiger partial charge in [0, 0.05) is 13.2 Å². The average molecular weight is 467 g/mol. The first kappa shape index (κ1) is 31.7. The van der Waals surface area contributed by atoms with Gasteiger partial charge in [0.1, 0.15) is 0 Å². The predicted octanol–water partition coefficient (Wildman–Crippen LogP) is 3.21. The molecule has 0 aliphatic carbocycles. The monoisotopic (exact) mass is 466 g/mol. The molecule has 8 heteroatoms. The molecule has 0 bridgehead atoms. The Morgan fingerprint density at radius 3 is 0.719 bits per heavy atom. The summed E-state index contributed by atoms with van der Waals surface area (Å²) in [5.74, 6) is 1.22. The molecule has 0 aromatic rings. The van der Waals surface area contributed by atoms with Crippen LogP contribution in [0.15, 0.2) is 0 Å². The topological polar surface area (TPSA) is 73.8 Å². The molecule has 0 aliphatic rings. The van der Waals surface area contributed by atoms with Crippen molar-refractivity contribution >= 4 is 0 Å². The third kappa shape index (κ3) is 25.9. The molecule has 0 radical (unpaired) electrons. The average Bonchev–Trinajstić information content (AvgIpc) is 2.81. The van der Waals surface area contributed by atoms with E-state index in [1.807, 2.05) is 0 Å². The molecular formula is C24H50O8. The maximum Gasteiger partial charge on any atom is 0.0701 e. The van der Waals surface area contributed by atoms with Crippen LogP contribution in [0, 0.1) is 11.8 Å². The minimum Gasteiger partial charge on any atom is -0.379 e. The van der Waals surface area contributed by atoms with Crippen molar-refractivity contribution in [2.75, 3.05) is 106 Å². The van der Waals surface area contributed by atoms with Gasteiger partial charge in [0.25, 0.3) is 0 Å². The van der Waals surface area contributed by atoms with Gasteiger partial charge < -0.3 is 37.9 Å². The zero-order chi connectivity index (χ0) is 23.5. The van der Waals surface area contributed by atoms with Crippen LogP contribution in [0.3, 0.4) is 0 Å². The maximum absolute atomic E-state index is 5.52. The summed E-state index contributed by atoms with van der Waals surface area (Å²) in [5.41, 5.74) is 0.